The van der Waals surface area contributed by atoms with E-state index in [9.17, 15) is 0 Å². The average molecular weight is 587 g/mol. The van der Waals surface area contributed by atoms with Gasteiger partial charge in [-0.05, 0) is 45.8 Å². The summed E-state index contributed by atoms with van der Waals surface area (Å²) in [6.07, 6.45) is 0. The normalized spacial score (nSPS) is 20.5. The Kier molecular flexibility index (Phi) is 13.5. The van der Waals surface area contributed by atoms with Crippen LogP contribution in [0.1, 0.15) is 0 Å². The quantitative estimate of drug-likeness (QED) is 0.179. The van der Waals surface area contributed by atoms with E-state index in [0.717, 1.165) is 0 Å². The first-order valence-corrected chi connectivity index (χ1v) is 26.8. The van der Waals surface area contributed by atoms with Crippen molar-refractivity contribution in [3.05, 3.63) is 85.9 Å². The van der Waals surface area contributed by atoms with Gasteiger partial charge in [-0.3, -0.25) is 0 Å². The Morgan fingerprint density at radius 2 is 0.647 bits per heavy atom. The third-order valence-electron chi connectivity index (χ3n) is 4.78. The highest BCUT2D eigenvalue weighted by molar-refractivity contribution is 6.96. The molecule has 4 atom stereocenters. The minimum atomic E-state index is -3.02. The van der Waals surface area contributed by atoms with Crippen LogP contribution in [0.25, 0.3) is 0 Å². The maximum absolute atomic E-state index is 6.62. The molecule has 6 nitrogen and oxygen atoms in total. The fourth-order valence-electron chi connectivity index (χ4n) is 2.85. The second-order valence-electron chi connectivity index (χ2n) is 8.34. The van der Waals surface area contributed by atoms with E-state index in [4.69, 9.17) is 24.7 Å². The van der Waals surface area contributed by atoms with Crippen LogP contribution in [0.2, 0.25) is 45.8 Å². The molecular weight excluding hydrogens is 545 g/mol. The van der Waals surface area contributed by atoms with Crippen molar-refractivity contribution >= 4 is 60.9 Å². The average Bonchev–Trinajstić information content (AvgIpc) is 2.78. The molecule has 0 aromatic carbocycles. The van der Waals surface area contributed by atoms with Crippen LogP contribution in [0.15, 0.2) is 85.9 Å². The molecule has 0 amide bonds. The number of hydrogen-bond acceptors (Lipinski definition) is 6. The molecule has 0 N–H and O–H groups in total. The van der Waals surface area contributed by atoms with Crippen LogP contribution in [-0.4, -0.2) is 60.9 Å². The van der Waals surface area contributed by atoms with Crippen molar-refractivity contribution < 1.29 is 24.7 Å². The van der Waals surface area contributed by atoms with Gasteiger partial charge in [0.25, 0.3) is 0 Å². The van der Waals surface area contributed by atoms with Crippen LogP contribution in [0, 0.1) is 0 Å². The first kappa shape index (κ1) is 33.5. The first-order chi connectivity index (χ1) is 15.5. The van der Waals surface area contributed by atoms with E-state index in [2.05, 4.69) is 46.1 Å². The molecule has 0 rings (SSSR count). The summed E-state index contributed by atoms with van der Waals surface area (Å²) in [5.74, 6) is 0. The van der Waals surface area contributed by atoms with Gasteiger partial charge < -0.3 is 24.7 Å². The minimum absolute atomic E-state index is 1.22. The van der Waals surface area contributed by atoms with Gasteiger partial charge in [0.2, 0.25) is 18.1 Å². The van der Waals surface area contributed by atoms with Gasteiger partial charge in [-0.2, -0.15) is 0 Å². The van der Waals surface area contributed by atoms with Gasteiger partial charge in [-0.1, -0.05) is 39.9 Å². The van der Waals surface area contributed by atoms with Crippen LogP contribution in [0.5, 0.6) is 0 Å². The Hall–Kier alpha value is -0.542. The van der Waals surface area contributed by atoms with E-state index >= 15 is 0 Å². The highest BCUT2D eigenvalue weighted by atomic mass is 28.5. The van der Waals surface area contributed by atoms with Crippen molar-refractivity contribution in [2.45, 2.75) is 45.8 Å². The molecule has 0 bridgehead atoms. The van der Waals surface area contributed by atoms with E-state index in [1.54, 1.807) is 28.5 Å². The van der Waals surface area contributed by atoms with E-state index in [-0.39, 0.29) is 0 Å². The second-order valence-corrected chi connectivity index (χ2v) is 28.7. The molecule has 0 heterocycles. The van der Waals surface area contributed by atoms with Crippen LogP contribution < -0.4 is 0 Å². The fourth-order valence-corrected chi connectivity index (χ4v) is 27.6. The van der Waals surface area contributed by atoms with Crippen molar-refractivity contribution in [2.75, 3.05) is 0 Å². The maximum Gasteiger partial charge on any atom is 0.344 e. The van der Waals surface area contributed by atoms with Gasteiger partial charge in [0.05, 0.1) is 0 Å². The summed E-state index contributed by atoms with van der Waals surface area (Å²) in [5, 5.41) is 0. The molecule has 2 radical (unpaired) electrons. The SMILES string of the molecule is C=C[Si](C)O[Si](C)(C=C)O[Si](C)(C=C)O[Si](C)(C=C)O[Si](C)(C=C)O[Si](C)(C=C)O[Si](C)C=C. The molecule has 190 valence electrons. The van der Waals surface area contributed by atoms with Gasteiger partial charge in [0.15, 0.2) is 0 Å². The molecule has 0 saturated carbocycles. The van der Waals surface area contributed by atoms with Crippen molar-refractivity contribution in [2.24, 2.45) is 0 Å². The molecule has 0 aromatic heterocycles. The monoisotopic (exact) mass is 586 g/mol. The molecule has 0 fully saturated rings. The largest absolute Gasteiger partial charge is 0.430 e. The predicted octanol–water partition coefficient (Wildman–Crippen LogP) is 5.77. The molecule has 34 heavy (non-hydrogen) atoms. The molecule has 0 aliphatic rings. The smallest absolute Gasteiger partial charge is 0.344 e. The van der Waals surface area contributed by atoms with E-state index in [1.807, 2.05) is 57.2 Å². The van der Waals surface area contributed by atoms with Gasteiger partial charge in [0, 0.05) is 0 Å². The minimum Gasteiger partial charge on any atom is -0.430 e. The third-order valence-corrected chi connectivity index (χ3v) is 28.4. The standard InChI is InChI=1S/C21H42O6Si7/c1-15-28(8)22-30(10,17-3)24-32(12,19-5)26-34(14,21-7)27-33(13,20-6)25-31(11,18-4)23-29(9)16-2/h15-21H,1-7H2,8-14H3. The summed E-state index contributed by atoms with van der Waals surface area (Å²) in [5.41, 5.74) is 12.3. The lowest BCUT2D eigenvalue weighted by molar-refractivity contribution is 0.285. The summed E-state index contributed by atoms with van der Waals surface area (Å²) in [6, 6.07) is 0. The zero-order chi connectivity index (χ0) is 26.8. The fraction of sp³-hybridized carbons (Fsp3) is 0.333. The number of hydrogen-bond donors (Lipinski definition) is 0. The van der Waals surface area contributed by atoms with Gasteiger partial charge >= 0.3 is 42.8 Å². The van der Waals surface area contributed by atoms with Gasteiger partial charge in [0.1, 0.15) is 0 Å². The number of rotatable bonds is 19. The van der Waals surface area contributed by atoms with Crippen molar-refractivity contribution in [1.82, 2.24) is 0 Å². The predicted molar refractivity (Wildman–Crippen MR) is 159 cm³/mol. The lowest BCUT2D eigenvalue weighted by Crippen LogP contribution is -2.61. The lowest BCUT2D eigenvalue weighted by Gasteiger charge is -2.42. The van der Waals surface area contributed by atoms with Crippen molar-refractivity contribution in [3.8, 4) is 0 Å². The molecule has 0 aromatic rings. The van der Waals surface area contributed by atoms with Gasteiger partial charge in [-0.25, -0.2) is 0 Å². The summed E-state index contributed by atoms with van der Waals surface area (Å²) < 4.78 is 38.7. The summed E-state index contributed by atoms with van der Waals surface area (Å²) in [6.45, 7) is 41.2. The third kappa shape index (κ3) is 10.6. The zero-order valence-corrected chi connectivity index (χ0v) is 28.9. The molecule has 13 heteroatoms. The Morgan fingerprint density at radius 3 is 0.824 bits per heavy atom. The van der Waals surface area contributed by atoms with Crippen LogP contribution >= 0.6 is 0 Å². The topological polar surface area (TPSA) is 55.4 Å². The molecule has 0 saturated heterocycles. The Bertz CT molecular complexity index is 727. The van der Waals surface area contributed by atoms with E-state index < -0.39 is 60.9 Å². The highest BCUT2D eigenvalue weighted by Crippen LogP contribution is 2.29. The highest BCUT2D eigenvalue weighted by Gasteiger charge is 2.50. The van der Waals surface area contributed by atoms with Crippen LogP contribution in [0.3, 0.4) is 0 Å². The van der Waals surface area contributed by atoms with Gasteiger partial charge in [-0.15, -0.1) is 46.1 Å². The summed E-state index contributed by atoms with van der Waals surface area (Å²) >= 11 is 0. The van der Waals surface area contributed by atoms with Crippen molar-refractivity contribution in [3.63, 3.8) is 0 Å². The Morgan fingerprint density at radius 1 is 0.441 bits per heavy atom. The Balaban J connectivity index is 5.95. The molecule has 0 aliphatic carbocycles. The lowest BCUT2D eigenvalue weighted by atomic mass is 11.3. The van der Waals surface area contributed by atoms with E-state index in [1.165, 1.54) is 0 Å². The second kappa shape index (κ2) is 13.7. The molecule has 0 aliphatic heterocycles. The first-order valence-electron chi connectivity index (χ1n) is 10.8. The maximum atomic E-state index is 6.62. The Labute approximate surface area is 216 Å². The van der Waals surface area contributed by atoms with Crippen molar-refractivity contribution in [1.29, 1.82) is 0 Å². The zero-order valence-electron chi connectivity index (χ0n) is 21.9. The molecule has 0 spiro atoms. The molecule has 4 unspecified atom stereocenters. The molecular formula is C21H42O6Si7. The summed E-state index contributed by atoms with van der Waals surface area (Å²) in [4.78, 5) is 0. The summed E-state index contributed by atoms with van der Waals surface area (Å²) in [7, 11) is -16.9. The van der Waals surface area contributed by atoms with E-state index in [0.29, 0.717) is 0 Å². The van der Waals surface area contributed by atoms with Crippen LogP contribution in [0.4, 0.5) is 0 Å². The van der Waals surface area contributed by atoms with Crippen LogP contribution in [-0.2, 0) is 24.7 Å².